The van der Waals surface area contributed by atoms with E-state index in [0.29, 0.717) is 17.6 Å². The molecule has 0 atom stereocenters. The first-order valence-corrected chi connectivity index (χ1v) is 7.29. The number of hydrogen-bond acceptors (Lipinski definition) is 2. The van der Waals surface area contributed by atoms with Crippen molar-refractivity contribution in [1.82, 2.24) is 9.88 Å². The number of rotatable bonds is 4. The smallest absolute Gasteiger partial charge is 0.320 e. The van der Waals surface area contributed by atoms with Crippen LogP contribution >= 0.6 is 15.9 Å². The SMILES string of the molecule is CCN(Cc1ccncc1)C(=O)Nc1ccc(Br)cc1F. The summed E-state index contributed by atoms with van der Waals surface area (Å²) in [6.45, 7) is 2.84. The lowest BCUT2D eigenvalue weighted by atomic mass is 10.2. The molecule has 1 N–H and O–H groups in total. The molecule has 110 valence electrons. The lowest BCUT2D eigenvalue weighted by Gasteiger charge is -2.21. The normalized spacial score (nSPS) is 10.2. The van der Waals surface area contributed by atoms with E-state index >= 15 is 0 Å². The molecular formula is C15H15BrFN3O. The van der Waals surface area contributed by atoms with E-state index in [9.17, 15) is 9.18 Å². The summed E-state index contributed by atoms with van der Waals surface area (Å²) in [6, 6.07) is 7.87. The fraction of sp³-hybridized carbons (Fsp3) is 0.200. The number of hydrogen-bond donors (Lipinski definition) is 1. The van der Waals surface area contributed by atoms with E-state index in [1.165, 1.54) is 12.1 Å². The van der Waals surface area contributed by atoms with Gasteiger partial charge in [0.25, 0.3) is 0 Å². The van der Waals surface area contributed by atoms with Crippen LogP contribution in [0.3, 0.4) is 0 Å². The Morgan fingerprint density at radius 3 is 2.67 bits per heavy atom. The predicted octanol–water partition coefficient (Wildman–Crippen LogP) is 4.04. The van der Waals surface area contributed by atoms with Gasteiger partial charge in [-0.2, -0.15) is 0 Å². The molecular weight excluding hydrogens is 337 g/mol. The summed E-state index contributed by atoms with van der Waals surface area (Å²) in [7, 11) is 0. The van der Waals surface area contributed by atoms with E-state index in [1.54, 1.807) is 23.4 Å². The van der Waals surface area contributed by atoms with Crippen molar-refractivity contribution >= 4 is 27.6 Å². The van der Waals surface area contributed by atoms with E-state index in [2.05, 4.69) is 26.2 Å². The molecule has 1 aromatic carbocycles. The van der Waals surface area contributed by atoms with E-state index in [-0.39, 0.29) is 11.7 Å². The number of urea groups is 1. The van der Waals surface area contributed by atoms with Crippen LogP contribution in [0.2, 0.25) is 0 Å². The zero-order chi connectivity index (χ0) is 15.2. The molecule has 0 saturated carbocycles. The van der Waals surface area contributed by atoms with Gasteiger partial charge in [0, 0.05) is 30.0 Å². The van der Waals surface area contributed by atoms with Gasteiger partial charge in [-0.1, -0.05) is 15.9 Å². The molecule has 6 heteroatoms. The Labute approximate surface area is 131 Å². The van der Waals surface area contributed by atoms with E-state index in [0.717, 1.165) is 5.56 Å². The molecule has 0 aliphatic carbocycles. The maximum atomic E-state index is 13.7. The monoisotopic (exact) mass is 351 g/mol. The summed E-state index contributed by atoms with van der Waals surface area (Å²) in [5.41, 5.74) is 1.13. The zero-order valence-electron chi connectivity index (χ0n) is 11.5. The second kappa shape index (κ2) is 7.17. The summed E-state index contributed by atoms with van der Waals surface area (Å²) in [4.78, 5) is 17.7. The van der Waals surface area contributed by atoms with Crippen molar-refractivity contribution in [2.75, 3.05) is 11.9 Å². The molecule has 4 nitrogen and oxygen atoms in total. The zero-order valence-corrected chi connectivity index (χ0v) is 13.1. The standard InChI is InChI=1S/C15H15BrFN3O/c1-2-20(10-11-5-7-18-8-6-11)15(21)19-14-4-3-12(16)9-13(14)17/h3-9H,2,10H2,1H3,(H,19,21). The van der Waals surface area contributed by atoms with Crippen LogP contribution in [-0.4, -0.2) is 22.5 Å². The van der Waals surface area contributed by atoms with E-state index in [1.807, 2.05) is 19.1 Å². The number of carbonyl (C=O) groups is 1. The molecule has 0 saturated heterocycles. The van der Waals surface area contributed by atoms with Crippen LogP contribution in [0.15, 0.2) is 47.2 Å². The first kappa shape index (κ1) is 15.4. The van der Waals surface area contributed by atoms with Gasteiger partial charge in [-0.3, -0.25) is 4.98 Å². The summed E-state index contributed by atoms with van der Waals surface area (Å²) < 4.78 is 14.4. The van der Waals surface area contributed by atoms with Gasteiger partial charge in [-0.05, 0) is 42.8 Å². The number of amides is 2. The van der Waals surface area contributed by atoms with Crippen molar-refractivity contribution in [2.24, 2.45) is 0 Å². The molecule has 0 spiro atoms. The lowest BCUT2D eigenvalue weighted by Crippen LogP contribution is -2.34. The highest BCUT2D eigenvalue weighted by atomic mass is 79.9. The highest BCUT2D eigenvalue weighted by Gasteiger charge is 2.14. The highest BCUT2D eigenvalue weighted by Crippen LogP contribution is 2.20. The molecule has 2 aromatic rings. The number of nitrogens with zero attached hydrogens (tertiary/aromatic N) is 2. The van der Waals surface area contributed by atoms with Gasteiger partial charge < -0.3 is 10.2 Å². The van der Waals surface area contributed by atoms with Gasteiger partial charge in [-0.15, -0.1) is 0 Å². The van der Waals surface area contributed by atoms with E-state index < -0.39 is 5.82 Å². The van der Waals surface area contributed by atoms with Gasteiger partial charge in [-0.25, -0.2) is 9.18 Å². The molecule has 0 bridgehead atoms. The first-order valence-electron chi connectivity index (χ1n) is 6.50. The largest absolute Gasteiger partial charge is 0.322 e. The molecule has 0 aliphatic heterocycles. The van der Waals surface area contributed by atoms with Gasteiger partial charge in [0.05, 0.1) is 5.69 Å². The highest BCUT2D eigenvalue weighted by molar-refractivity contribution is 9.10. The maximum absolute atomic E-state index is 13.7. The third-order valence-electron chi connectivity index (χ3n) is 2.96. The molecule has 0 radical (unpaired) electrons. The number of benzene rings is 1. The van der Waals surface area contributed by atoms with Crippen LogP contribution in [0.1, 0.15) is 12.5 Å². The van der Waals surface area contributed by atoms with Crippen molar-refractivity contribution in [3.05, 3.63) is 58.6 Å². The number of pyridine rings is 1. The number of carbonyl (C=O) groups excluding carboxylic acids is 1. The molecule has 1 heterocycles. The number of nitrogens with one attached hydrogen (secondary N) is 1. The molecule has 0 fully saturated rings. The maximum Gasteiger partial charge on any atom is 0.322 e. The summed E-state index contributed by atoms with van der Waals surface area (Å²) in [6.07, 6.45) is 3.35. The Morgan fingerprint density at radius 1 is 1.33 bits per heavy atom. The summed E-state index contributed by atoms with van der Waals surface area (Å²) >= 11 is 3.18. The minimum atomic E-state index is -0.474. The van der Waals surface area contributed by atoms with Gasteiger partial charge >= 0.3 is 6.03 Å². The Bertz CT molecular complexity index is 622. The fourth-order valence-electron chi connectivity index (χ4n) is 1.82. The molecule has 0 unspecified atom stereocenters. The first-order chi connectivity index (χ1) is 10.1. The second-order valence-electron chi connectivity index (χ2n) is 4.42. The van der Waals surface area contributed by atoms with Crippen molar-refractivity contribution in [3.8, 4) is 0 Å². The topological polar surface area (TPSA) is 45.2 Å². The van der Waals surface area contributed by atoms with Crippen LogP contribution in [0.25, 0.3) is 0 Å². The van der Waals surface area contributed by atoms with E-state index in [4.69, 9.17) is 0 Å². The number of halogens is 2. The number of anilines is 1. The average molecular weight is 352 g/mol. The van der Waals surface area contributed by atoms with Crippen molar-refractivity contribution in [2.45, 2.75) is 13.5 Å². The Kier molecular flexibility index (Phi) is 5.27. The lowest BCUT2D eigenvalue weighted by molar-refractivity contribution is 0.212. The van der Waals surface area contributed by atoms with Crippen molar-refractivity contribution in [1.29, 1.82) is 0 Å². The average Bonchev–Trinajstić information content (AvgIpc) is 2.48. The van der Waals surface area contributed by atoms with Crippen LogP contribution in [0, 0.1) is 5.82 Å². The Hall–Kier alpha value is -1.95. The van der Waals surface area contributed by atoms with Crippen molar-refractivity contribution < 1.29 is 9.18 Å². The minimum absolute atomic E-state index is 0.163. The second-order valence-corrected chi connectivity index (χ2v) is 5.34. The number of aromatic nitrogens is 1. The van der Waals surface area contributed by atoms with Gasteiger partial charge in [0.15, 0.2) is 0 Å². The van der Waals surface area contributed by atoms with Crippen LogP contribution in [0.5, 0.6) is 0 Å². The third-order valence-corrected chi connectivity index (χ3v) is 3.46. The molecule has 1 aromatic heterocycles. The summed E-state index contributed by atoms with van der Waals surface area (Å²) in [5.74, 6) is -0.474. The molecule has 2 rings (SSSR count). The molecule has 0 aliphatic rings. The molecule has 21 heavy (non-hydrogen) atoms. The Balaban J connectivity index is 2.06. The van der Waals surface area contributed by atoms with Crippen LogP contribution in [0.4, 0.5) is 14.9 Å². The fourth-order valence-corrected chi connectivity index (χ4v) is 2.15. The molecule has 2 amide bonds. The minimum Gasteiger partial charge on any atom is -0.320 e. The van der Waals surface area contributed by atoms with Crippen molar-refractivity contribution in [3.63, 3.8) is 0 Å². The Morgan fingerprint density at radius 2 is 2.05 bits per heavy atom. The van der Waals surface area contributed by atoms with Gasteiger partial charge in [0.2, 0.25) is 0 Å². The predicted molar refractivity (Wildman–Crippen MR) is 83.4 cm³/mol. The van der Waals surface area contributed by atoms with Crippen LogP contribution < -0.4 is 5.32 Å². The van der Waals surface area contributed by atoms with Gasteiger partial charge in [0.1, 0.15) is 5.82 Å². The third kappa shape index (κ3) is 4.26. The quantitative estimate of drug-likeness (QED) is 0.903. The summed E-state index contributed by atoms with van der Waals surface area (Å²) in [5, 5.41) is 2.58. The van der Waals surface area contributed by atoms with Crippen LogP contribution in [-0.2, 0) is 6.54 Å².